The van der Waals surface area contributed by atoms with E-state index in [9.17, 15) is 0 Å². The number of anilines is 2. The summed E-state index contributed by atoms with van der Waals surface area (Å²) in [6, 6.07) is 31.3. The lowest BCUT2D eigenvalue weighted by molar-refractivity contribution is 1.03. The van der Waals surface area contributed by atoms with E-state index in [1.54, 1.807) is 0 Å². The Kier molecular flexibility index (Phi) is 5.50. The van der Waals surface area contributed by atoms with Gasteiger partial charge in [0.05, 0.1) is 11.4 Å². The maximum Gasteiger partial charge on any atom is 0.0702 e. The molecule has 0 spiro atoms. The molecule has 0 atom stereocenters. The molecule has 3 aromatic rings. The van der Waals surface area contributed by atoms with Crippen molar-refractivity contribution in [1.82, 2.24) is 5.32 Å². The van der Waals surface area contributed by atoms with E-state index in [0.717, 1.165) is 28.3 Å². The van der Waals surface area contributed by atoms with E-state index in [1.165, 1.54) is 0 Å². The fourth-order valence-corrected chi connectivity index (χ4v) is 3.17. The molecule has 0 radical (unpaired) electrons. The molecule has 1 heterocycles. The molecule has 1 aliphatic heterocycles. The first-order chi connectivity index (χ1) is 13.9. The van der Waals surface area contributed by atoms with Gasteiger partial charge in [0.2, 0.25) is 0 Å². The van der Waals surface area contributed by atoms with Crippen molar-refractivity contribution in [3.8, 4) is 0 Å². The van der Waals surface area contributed by atoms with Crippen molar-refractivity contribution in [3.63, 3.8) is 0 Å². The molecule has 0 saturated carbocycles. The number of hydrogen-bond acceptors (Lipinski definition) is 2. The van der Waals surface area contributed by atoms with Crippen LogP contribution in [-0.2, 0) is 0 Å². The molecule has 0 bridgehead atoms. The second-order valence-electron chi connectivity index (χ2n) is 6.42. The molecule has 0 fully saturated rings. The van der Waals surface area contributed by atoms with Crippen molar-refractivity contribution in [2.24, 2.45) is 0 Å². The maximum absolute atomic E-state index is 3.43. The van der Waals surface area contributed by atoms with Crippen LogP contribution in [0.2, 0.25) is 0 Å². The maximum atomic E-state index is 3.43. The predicted octanol–water partition coefficient (Wildman–Crippen LogP) is 6.42. The molecule has 28 heavy (non-hydrogen) atoms. The Morgan fingerprint density at radius 1 is 0.643 bits per heavy atom. The van der Waals surface area contributed by atoms with E-state index in [0.29, 0.717) is 0 Å². The second-order valence-corrected chi connectivity index (χ2v) is 6.42. The van der Waals surface area contributed by atoms with E-state index < -0.39 is 0 Å². The van der Waals surface area contributed by atoms with Gasteiger partial charge in [-0.25, -0.2) is 0 Å². The lowest BCUT2D eigenvalue weighted by Gasteiger charge is -2.29. The van der Waals surface area contributed by atoms with Gasteiger partial charge in [0, 0.05) is 17.6 Å². The third-order valence-electron chi connectivity index (χ3n) is 4.47. The van der Waals surface area contributed by atoms with Gasteiger partial charge in [0.15, 0.2) is 0 Å². The van der Waals surface area contributed by atoms with Crippen LogP contribution in [0.15, 0.2) is 133 Å². The number of para-hydroxylation sites is 2. The molecule has 0 aromatic heterocycles. The Hall–Kier alpha value is -3.78. The zero-order valence-corrected chi connectivity index (χ0v) is 15.6. The Bertz CT molecular complexity index is 974. The van der Waals surface area contributed by atoms with E-state index >= 15 is 0 Å². The van der Waals surface area contributed by atoms with Gasteiger partial charge >= 0.3 is 0 Å². The summed E-state index contributed by atoms with van der Waals surface area (Å²) in [6.07, 6.45) is 12.4. The topological polar surface area (TPSA) is 15.3 Å². The van der Waals surface area contributed by atoms with Crippen molar-refractivity contribution in [3.05, 3.63) is 138 Å². The summed E-state index contributed by atoms with van der Waals surface area (Å²) >= 11 is 0. The molecule has 4 rings (SSSR count). The predicted molar refractivity (Wildman–Crippen MR) is 119 cm³/mol. The van der Waals surface area contributed by atoms with Gasteiger partial charge in [0.25, 0.3) is 0 Å². The van der Waals surface area contributed by atoms with Gasteiger partial charge < -0.3 is 10.2 Å². The number of nitrogens with one attached hydrogen (secondary N) is 1. The number of benzene rings is 3. The highest BCUT2D eigenvalue weighted by atomic mass is 15.2. The molecule has 0 aliphatic carbocycles. The molecule has 2 nitrogen and oxygen atoms in total. The molecule has 2 heteroatoms. The van der Waals surface area contributed by atoms with Gasteiger partial charge in [-0.05, 0) is 48.1 Å². The summed E-state index contributed by atoms with van der Waals surface area (Å²) < 4.78 is 0. The van der Waals surface area contributed by atoms with Crippen LogP contribution < -0.4 is 10.2 Å². The fraction of sp³-hybridized carbons (Fsp3) is 0. The summed E-state index contributed by atoms with van der Waals surface area (Å²) in [5.41, 5.74) is 5.46. The third kappa shape index (κ3) is 4.13. The van der Waals surface area contributed by atoms with E-state index in [2.05, 4.69) is 101 Å². The van der Waals surface area contributed by atoms with Gasteiger partial charge in [-0.3, -0.25) is 0 Å². The average molecular weight is 362 g/mol. The SMILES string of the molecule is C1=CC=C(C(=Cc2ccccc2)N(c2ccccc2)c2ccccc2)NC=C1. The summed E-state index contributed by atoms with van der Waals surface area (Å²) in [5.74, 6) is 0. The molecule has 0 unspecified atom stereocenters. The molecule has 0 saturated heterocycles. The monoisotopic (exact) mass is 362 g/mol. The summed E-state index contributed by atoms with van der Waals surface area (Å²) in [6.45, 7) is 0. The molecular weight excluding hydrogens is 340 g/mol. The first-order valence-electron chi connectivity index (χ1n) is 9.39. The van der Waals surface area contributed by atoms with Crippen molar-refractivity contribution < 1.29 is 0 Å². The van der Waals surface area contributed by atoms with Crippen LogP contribution in [0.5, 0.6) is 0 Å². The Balaban J connectivity index is 1.91. The van der Waals surface area contributed by atoms with Crippen LogP contribution in [0.1, 0.15) is 5.56 Å². The average Bonchev–Trinajstić information content (AvgIpc) is 3.05. The van der Waals surface area contributed by atoms with E-state index in [1.807, 2.05) is 36.6 Å². The molecule has 3 aromatic carbocycles. The zero-order valence-electron chi connectivity index (χ0n) is 15.6. The van der Waals surface area contributed by atoms with Crippen molar-refractivity contribution >= 4 is 17.5 Å². The van der Waals surface area contributed by atoms with Crippen LogP contribution in [-0.4, -0.2) is 0 Å². The fourth-order valence-electron chi connectivity index (χ4n) is 3.17. The summed E-state index contributed by atoms with van der Waals surface area (Å²) in [7, 11) is 0. The molecule has 0 amide bonds. The standard InChI is InChI=1S/C26H22N2/c1-5-13-22(14-6-1)21-26(25-19-11-4-12-20-27-25)28(23-15-7-2-8-16-23)24-17-9-3-10-18-24/h1-21,27H. The Morgan fingerprint density at radius 3 is 1.82 bits per heavy atom. The minimum absolute atomic E-state index is 1.03. The Morgan fingerprint density at radius 2 is 1.21 bits per heavy atom. The van der Waals surface area contributed by atoms with Gasteiger partial charge in [-0.15, -0.1) is 0 Å². The normalized spacial score (nSPS) is 13.4. The highest BCUT2D eigenvalue weighted by Gasteiger charge is 2.18. The van der Waals surface area contributed by atoms with Crippen LogP contribution in [0.25, 0.3) is 6.08 Å². The largest absolute Gasteiger partial charge is 0.360 e. The zero-order chi connectivity index (χ0) is 19.0. The first kappa shape index (κ1) is 17.6. The lowest BCUT2D eigenvalue weighted by Crippen LogP contribution is -2.22. The van der Waals surface area contributed by atoms with Crippen LogP contribution in [0, 0.1) is 0 Å². The minimum Gasteiger partial charge on any atom is -0.360 e. The van der Waals surface area contributed by atoms with Crippen LogP contribution in [0.3, 0.4) is 0 Å². The van der Waals surface area contributed by atoms with Crippen molar-refractivity contribution in [2.75, 3.05) is 4.90 Å². The molecule has 136 valence electrons. The van der Waals surface area contributed by atoms with Crippen molar-refractivity contribution in [2.45, 2.75) is 0 Å². The molecular formula is C26H22N2. The quantitative estimate of drug-likeness (QED) is 0.563. The second kappa shape index (κ2) is 8.74. The lowest BCUT2D eigenvalue weighted by atomic mass is 10.1. The van der Waals surface area contributed by atoms with Gasteiger partial charge in [-0.1, -0.05) is 78.9 Å². The third-order valence-corrected chi connectivity index (χ3v) is 4.47. The van der Waals surface area contributed by atoms with Gasteiger partial charge in [-0.2, -0.15) is 0 Å². The number of hydrogen-bond donors (Lipinski definition) is 1. The highest BCUT2D eigenvalue weighted by molar-refractivity contribution is 5.76. The van der Waals surface area contributed by atoms with Crippen molar-refractivity contribution in [1.29, 1.82) is 0 Å². The summed E-state index contributed by atoms with van der Waals surface area (Å²) in [4.78, 5) is 2.28. The van der Waals surface area contributed by atoms with E-state index in [-0.39, 0.29) is 0 Å². The first-order valence-corrected chi connectivity index (χ1v) is 9.39. The molecule has 1 N–H and O–H groups in total. The number of rotatable bonds is 5. The smallest absolute Gasteiger partial charge is 0.0702 e. The molecule has 1 aliphatic rings. The van der Waals surface area contributed by atoms with Crippen LogP contribution >= 0.6 is 0 Å². The number of allylic oxidation sites excluding steroid dienone is 4. The highest BCUT2D eigenvalue weighted by Crippen LogP contribution is 2.33. The van der Waals surface area contributed by atoms with Crippen LogP contribution in [0.4, 0.5) is 11.4 Å². The van der Waals surface area contributed by atoms with Gasteiger partial charge in [0.1, 0.15) is 0 Å². The number of nitrogens with zero attached hydrogens (tertiary/aromatic N) is 1. The minimum atomic E-state index is 1.03. The summed E-state index contributed by atoms with van der Waals surface area (Å²) in [5, 5.41) is 3.43. The Labute approximate surface area is 166 Å². The van der Waals surface area contributed by atoms with E-state index in [4.69, 9.17) is 0 Å².